The lowest BCUT2D eigenvalue weighted by molar-refractivity contribution is -0.139. The molecule has 0 radical (unpaired) electrons. The highest BCUT2D eigenvalue weighted by atomic mass is 35.7. The molecule has 170 valence electrons. The van der Waals surface area contributed by atoms with Gasteiger partial charge in [0.15, 0.2) is 0 Å². The Morgan fingerprint density at radius 3 is 2.00 bits per heavy atom. The predicted molar refractivity (Wildman–Crippen MR) is 123 cm³/mol. The van der Waals surface area contributed by atoms with Gasteiger partial charge in [-0.1, -0.05) is 60.7 Å². The zero-order chi connectivity index (χ0) is 23.6. The van der Waals surface area contributed by atoms with Crippen LogP contribution in [0.3, 0.4) is 0 Å². The van der Waals surface area contributed by atoms with E-state index in [1.165, 1.54) is 24.3 Å². The maximum Gasteiger partial charge on any atom is 0.407 e. The van der Waals surface area contributed by atoms with Gasteiger partial charge in [0.05, 0.1) is 4.90 Å². The van der Waals surface area contributed by atoms with Crippen molar-refractivity contribution in [3.63, 3.8) is 0 Å². The Bertz CT molecular complexity index is 1260. The lowest BCUT2D eigenvalue weighted by Gasteiger charge is -2.17. The van der Waals surface area contributed by atoms with E-state index in [1.807, 2.05) is 48.5 Å². The van der Waals surface area contributed by atoms with Crippen LogP contribution in [0.15, 0.2) is 77.7 Å². The zero-order valence-corrected chi connectivity index (χ0v) is 18.8. The topological polar surface area (TPSA) is 110 Å². The predicted octanol–water partition coefficient (Wildman–Crippen LogP) is 4.15. The van der Waals surface area contributed by atoms with Crippen LogP contribution in [-0.2, 0) is 25.0 Å². The average molecular weight is 486 g/mol. The van der Waals surface area contributed by atoms with E-state index in [1.54, 1.807) is 0 Å². The number of halogens is 1. The summed E-state index contributed by atoms with van der Waals surface area (Å²) >= 11 is 0. The van der Waals surface area contributed by atoms with Crippen molar-refractivity contribution < 1.29 is 27.9 Å². The number of hydrogen-bond donors (Lipinski definition) is 2. The summed E-state index contributed by atoms with van der Waals surface area (Å²) in [7, 11) is 1.42. The molecular formula is C24H20ClNO6S. The number of fused-ring (bicyclic) bond motifs is 3. The number of alkyl carbamates (subject to hydrolysis) is 1. The summed E-state index contributed by atoms with van der Waals surface area (Å²) in [4.78, 5) is 24.0. The normalized spacial score (nSPS) is 13.6. The van der Waals surface area contributed by atoms with Gasteiger partial charge in [-0.15, -0.1) is 0 Å². The van der Waals surface area contributed by atoms with Crippen molar-refractivity contribution in [1.29, 1.82) is 0 Å². The first-order valence-corrected chi connectivity index (χ1v) is 12.4. The molecule has 9 heteroatoms. The Balaban J connectivity index is 1.42. The number of hydrogen-bond acceptors (Lipinski definition) is 5. The van der Waals surface area contributed by atoms with E-state index < -0.39 is 27.2 Å². The van der Waals surface area contributed by atoms with Crippen LogP contribution in [0.25, 0.3) is 11.1 Å². The number of carbonyl (C=O) groups excluding carboxylic acids is 1. The maximum atomic E-state index is 12.4. The lowest BCUT2D eigenvalue weighted by Crippen LogP contribution is -2.42. The molecule has 4 rings (SSSR count). The van der Waals surface area contributed by atoms with E-state index >= 15 is 0 Å². The van der Waals surface area contributed by atoms with Gasteiger partial charge in [0.2, 0.25) is 0 Å². The number of carboxylic acids is 1. The van der Waals surface area contributed by atoms with Crippen molar-refractivity contribution in [2.24, 2.45) is 0 Å². The van der Waals surface area contributed by atoms with Crippen LogP contribution in [0.4, 0.5) is 4.79 Å². The second-order valence-electron chi connectivity index (χ2n) is 7.65. The Hall–Kier alpha value is -3.36. The summed E-state index contributed by atoms with van der Waals surface area (Å²) in [5.74, 6) is -1.38. The van der Waals surface area contributed by atoms with Crippen molar-refractivity contribution >= 4 is 31.8 Å². The molecule has 0 spiro atoms. The maximum absolute atomic E-state index is 12.4. The van der Waals surface area contributed by atoms with Crippen LogP contribution < -0.4 is 5.32 Å². The van der Waals surface area contributed by atoms with Crippen LogP contribution in [-0.4, -0.2) is 38.2 Å². The molecule has 1 atom stereocenters. The first kappa shape index (κ1) is 22.8. The van der Waals surface area contributed by atoms with E-state index in [2.05, 4.69) is 5.32 Å². The minimum absolute atomic E-state index is 0.0534. The number of carboxylic acid groups (broad SMARTS) is 1. The number of benzene rings is 3. The van der Waals surface area contributed by atoms with Crippen LogP contribution in [0.2, 0.25) is 0 Å². The van der Waals surface area contributed by atoms with Crippen LogP contribution in [0, 0.1) is 0 Å². The van der Waals surface area contributed by atoms with Crippen molar-refractivity contribution in [2.75, 3.05) is 6.61 Å². The second-order valence-corrected chi connectivity index (χ2v) is 10.2. The molecule has 0 unspecified atom stereocenters. The molecule has 33 heavy (non-hydrogen) atoms. The minimum atomic E-state index is -3.88. The van der Waals surface area contributed by atoms with Gasteiger partial charge in [0.1, 0.15) is 12.6 Å². The Labute approximate surface area is 195 Å². The van der Waals surface area contributed by atoms with Gasteiger partial charge in [-0.3, -0.25) is 0 Å². The lowest BCUT2D eigenvalue weighted by atomic mass is 9.98. The second kappa shape index (κ2) is 9.25. The number of nitrogens with one attached hydrogen (secondary N) is 1. The molecule has 0 saturated carbocycles. The van der Waals surface area contributed by atoms with E-state index in [9.17, 15) is 23.1 Å². The molecule has 0 aliphatic heterocycles. The smallest absolute Gasteiger partial charge is 0.407 e. The number of aliphatic carboxylic acids is 1. The Kier molecular flexibility index (Phi) is 6.40. The molecule has 0 saturated heterocycles. The standard InChI is InChI=1S/C24H20ClNO6S/c25-33(30,31)16-11-9-15(10-12-16)13-22(23(27)28)26-24(29)32-14-21-19-7-3-1-5-17(19)18-6-2-4-8-20(18)21/h1-12,21-22H,13-14H2,(H,26,29)(H,27,28)/t22-/m0/s1. The highest BCUT2D eigenvalue weighted by Crippen LogP contribution is 2.44. The van der Waals surface area contributed by atoms with Gasteiger partial charge in [-0.2, -0.15) is 0 Å². The number of rotatable bonds is 7. The third-order valence-electron chi connectivity index (χ3n) is 5.58. The molecule has 3 aromatic carbocycles. The molecule has 0 heterocycles. The fourth-order valence-corrected chi connectivity index (χ4v) is 4.78. The Morgan fingerprint density at radius 2 is 1.48 bits per heavy atom. The van der Waals surface area contributed by atoms with Gasteiger partial charge in [-0.25, -0.2) is 18.0 Å². The van der Waals surface area contributed by atoms with E-state index in [-0.39, 0.29) is 23.8 Å². The van der Waals surface area contributed by atoms with Crippen molar-refractivity contribution in [1.82, 2.24) is 5.32 Å². The van der Waals surface area contributed by atoms with Gasteiger partial charge in [0.25, 0.3) is 9.05 Å². The average Bonchev–Trinajstić information content (AvgIpc) is 3.11. The molecule has 0 fully saturated rings. The van der Waals surface area contributed by atoms with Gasteiger partial charge in [-0.05, 0) is 39.9 Å². The summed E-state index contributed by atoms with van der Waals surface area (Å²) in [5.41, 5.74) is 4.80. The van der Waals surface area contributed by atoms with Crippen LogP contribution in [0.5, 0.6) is 0 Å². The monoisotopic (exact) mass is 485 g/mol. The summed E-state index contributed by atoms with van der Waals surface area (Å²) in [6.45, 7) is 0.0640. The quantitative estimate of drug-likeness (QED) is 0.486. The summed E-state index contributed by atoms with van der Waals surface area (Å²) in [6, 6.07) is 20.0. The first-order chi connectivity index (χ1) is 15.7. The van der Waals surface area contributed by atoms with E-state index in [0.29, 0.717) is 5.56 Å². The summed E-state index contributed by atoms with van der Waals surface area (Å²) in [6.07, 6.45) is -0.897. The van der Waals surface area contributed by atoms with Crippen molar-refractivity contribution in [2.45, 2.75) is 23.3 Å². The molecule has 2 N–H and O–H groups in total. The molecule has 3 aromatic rings. The van der Waals surface area contributed by atoms with Gasteiger partial charge in [0, 0.05) is 23.0 Å². The molecular weight excluding hydrogens is 466 g/mol. The molecule has 7 nitrogen and oxygen atoms in total. The summed E-state index contributed by atoms with van der Waals surface area (Å²) < 4.78 is 28.1. The van der Waals surface area contributed by atoms with E-state index in [4.69, 9.17) is 15.4 Å². The third-order valence-corrected chi connectivity index (χ3v) is 6.95. The van der Waals surface area contributed by atoms with Crippen molar-refractivity contribution in [3.05, 3.63) is 89.5 Å². The molecule has 1 amide bonds. The van der Waals surface area contributed by atoms with Gasteiger partial charge >= 0.3 is 12.1 Å². The largest absolute Gasteiger partial charge is 0.480 e. The van der Waals surface area contributed by atoms with Crippen LogP contribution >= 0.6 is 10.7 Å². The first-order valence-electron chi connectivity index (χ1n) is 10.1. The number of amides is 1. The molecule has 0 aromatic heterocycles. The van der Waals surface area contributed by atoms with Crippen molar-refractivity contribution in [3.8, 4) is 11.1 Å². The minimum Gasteiger partial charge on any atom is -0.480 e. The highest BCUT2D eigenvalue weighted by molar-refractivity contribution is 8.13. The third kappa shape index (κ3) is 5.02. The molecule has 1 aliphatic rings. The van der Waals surface area contributed by atoms with Crippen LogP contribution in [0.1, 0.15) is 22.6 Å². The van der Waals surface area contributed by atoms with E-state index in [0.717, 1.165) is 22.3 Å². The fraction of sp³-hybridized carbons (Fsp3) is 0.167. The SMILES string of the molecule is O=C(N[C@@H](Cc1ccc(S(=O)(=O)Cl)cc1)C(=O)O)OCC1c2ccccc2-c2ccccc21. The van der Waals surface area contributed by atoms with Gasteiger partial charge < -0.3 is 15.2 Å². The fourth-order valence-electron chi connectivity index (χ4n) is 4.01. The Morgan fingerprint density at radius 1 is 0.939 bits per heavy atom. The highest BCUT2D eigenvalue weighted by Gasteiger charge is 2.29. The zero-order valence-electron chi connectivity index (χ0n) is 17.3. The molecule has 1 aliphatic carbocycles. The summed E-state index contributed by atoms with van der Waals surface area (Å²) in [5, 5.41) is 11.9. The number of ether oxygens (including phenoxy) is 1. The molecule has 0 bridgehead atoms. The number of carbonyl (C=O) groups is 2.